The van der Waals surface area contributed by atoms with Crippen molar-refractivity contribution in [2.24, 2.45) is 0 Å². The van der Waals surface area contributed by atoms with Crippen LogP contribution in [0.2, 0.25) is 0 Å². The molecule has 1 aromatic heterocycles. The fraction of sp³-hybridized carbons (Fsp3) is 0.125. The lowest BCUT2D eigenvalue weighted by atomic mass is 9.89. The van der Waals surface area contributed by atoms with E-state index in [2.05, 4.69) is 55.5 Å². The Morgan fingerprint density at radius 3 is 2.38 bits per heavy atom. The predicted molar refractivity (Wildman–Crippen MR) is 108 cm³/mol. The standard InChI is InChI=1S/C24H19NO/c1-16-8-2-3-9-17(16)20-14-15-21(19-11-5-4-10-18(19)20)24-25-22-12-6-7-13-23(22)26-24/h3-7,9-15H,2,8H2,1H3. The summed E-state index contributed by atoms with van der Waals surface area (Å²) < 4.78 is 6.03. The maximum Gasteiger partial charge on any atom is 0.227 e. The fourth-order valence-electron chi connectivity index (χ4n) is 3.81. The first kappa shape index (κ1) is 15.2. The number of rotatable bonds is 2. The van der Waals surface area contributed by atoms with Crippen LogP contribution in [0.5, 0.6) is 0 Å². The van der Waals surface area contributed by atoms with E-state index in [1.165, 1.54) is 27.5 Å². The summed E-state index contributed by atoms with van der Waals surface area (Å²) >= 11 is 0. The number of allylic oxidation sites excluding steroid dienone is 4. The molecule has 5 rings (SSSR count). The molecule has 0 unspecified atom stereocenters. The van der Waals surface area contributed by atoms with Crippen LogP contribution in [0.3, 0.4) is 0 Å². The molecule has 126 valence electrons. The molecule has 0 radical (unpaired) electrons. The number of oxazole rings is 1. The molecular weight excluding hydrogens is 318 g/mol. The molecule has 0 atom stereocenters. The first-order valence-corrected chi connectivity index (χ1v) is 9.05. The molecule has 0 bridgehead atoms. The van der Waals surface area contributed by atoms with Crippen LogP contribution < -0.4 is 0 Å². The monoisotopic (exact) mass is 337 g/mol. The molecule has 3 aromatic carbocycles. The number of hydrogen-bond donors (Lipinski definition) is 0. The van der Waals surface area contributed by atoms with Gasteiger partial charge in [-0.3, -0.25) is 0 Å². The Morgan fingerprint density at radius 2 is 1.58 bits per heavy atom. The molecule has 0 aliphatic heterocycles. The van der Waals surface area contributed by atoms with Crippen molar-refractivity contribution < 1.29 is 4.42 Å². The second-order valence-electron chi connectivity index (χ2n) is 6.83. The normalized spacial score (nSPS) is 14.5. The van der Waals surface area contributed by atoms with E-state index in [0.717, 1.165) is 29.5 Å². The van der Waals surface area contributed by atoms with Crippen LogP contribution in [-0.2, 0) is 0 Å². The predicted octanol–water partition coefficient (Wildman–Crippen LogP) is 6.77. The van der Waals surface area contributed by atoms with Crippen LogP contribution >= 0.6 is 0 Å². The summed E-state index contributed by atoms with van der Waals surface area (Å²) in [6.07, 6.45) is 6.80. The summed E-state index contributed by atoms with van der Waals surface area (Å²) in [4.78, 5) is 4.70. The summed E-state index contributed by atoms with van der Waals surface area (Å²) in [5.41, 5.74) is 6.84. The zero-order chi connectivity index (χ0) is 17.5. The summed E-state index contributed by atoms with van der Waals surface area (Å²) in [5, 5.41) is 2.42. The molecule has 2 nitrogen and oxygen atoms in total. The van der Waals surface area contributed by atoms with Gasteiger partial charge in [0.2, 0.25) is 5.89 Å². The van der Waals surface area contributed by atoms with Gasteiger partial charge in [-0.05, 0) is 59.9 Å². The van der Waals surface area contributed by atoms with Gasteiger partial charge >= 0.3 is 0 Å². The molecule has 0 saturated carbocycles. The van der Waals surface area contributed by atoms with E-state index in [1.807, 2.05) is 24.3 Å². The zero-order valence-electron chi connectivity index (χ0n) is 14.7. The highest BCUT2D eigenvalue weighted by Gasteiger charge is 2.15. The molecular formula is C24H19NO. The van der Waals surface area contributed by atoms with Gasteiger partial charge in [0.25, 0.3) is 0 Å². The van der Waals surface area contributed by atoms with E-state index in [1.54, 1.807) is 0 Å². The lowest BCUT2D eigenvalue weighted by Gasteiger charge is -2.16. The van der Waals surface area contributed by atoms with Gasteiger partial charge < -0.3 is 4.42 Å². The van der Waals surface area contributed by atoms with E-state index in [4.69, 9.17) is 9.40 Å². The third-order valence-electron chi connectivity index (χ3n) is 5.17. The van der Waals surface area contributed by atoms with Crippen LogP contribution in [0.1, 0.15) is 25.3 Å². The van der Waals surface area contributed by atoms with E-state index < -0.39 is 0 Å². The number of nitrogens with zero attached hydrogens (tertiary/aromatic N) is 1. The van der Waals surface area contributed by atoms with E-state index in [-0.39, 0.29) is 0 Å². The number of hydrogen-bond acceptors (Lipinski definition) is 2. The Labute approximate surface area is 152 Å². The van der Waals surface area contributed by atoms with Gasteiger partial charge in [-0.25, -0.2) is 4.98 Å². The number of para-hydroxylation sites is 2. The topological polar surface area (TPSA) is 26.0 Å². The third kappa shape index (κ3) is 2.38. The van der Waals surface area contributed by atoms with Crippen molar-refractivity contribution in [3.63, 3.8) is 0 Å². The second-order valence-corrected chi connectivity index (χ2v) is 6.83. The SMILES string of the molecule is CC1=C(c2ccc(-c3nc4ccccc4o3)c3ccccc23)C=CCC1. The fourth-order valence-corrected chi connectivity index (χ4v) is 3.81. The van der Waals surface area contributed by atoms with Crippen molar-refractivity contribution in [2.75, 3.05) is 0 Å². The van der Waals surface area contributed by atoms with Crippen LogP contribution in [-0.4, -0.2) is 4.98 Å². The van der Waals surface area contributed by atoms with E-state index in [9.17, 15) is 0 Å². The Kier molecular flexibility index (Phi) is 3.49. The highest BCUT2D eigenvalue weighted by molar-refractivity contribution is 6.03. The van der Waals surface area contributed by atoms with Crippen molar-refractivity contribution in [1.29, 1.82) is 0 Å². The minimum Gasteiger partial charge on any atom is -0.436 e. The first-order chi connectivity index (χ1) is 12.8. The molecule has 0 saturated heterocycles. The molecule has 2 heteroatoms. The minimum absolute atomic E-state index is 0.679. The molecule has 1 heterocycles. The summed E-state index contributed by atoms with van der Waals surface area (Å²) in [6, 6.07) is 20.8. The van der Waals surface area contributed by atoms with Crippen LogP contribution in [0.25, 0.3) is 38.9 Å². The second kappa shape index (κ2) is 5.99. The number of fused-ring (bicyclic) bond motifs is 2. The van der Waals surface area contributed by atoms with Crippen molar-refractivity contribution >= 4 is 27.4 Å². The number of benzene rings is 3. The van der Waals surface area contributed by atoms with Crippen molar-refractivity contribution in [2.45, 2.75) is 19.8 Å². The Balaban J connectivity index is 1.76. The quantitative estimate of drug-likeness (QED) is 0.403. The Morgan fingerprint density at radius 1 is 0.846 bits per heavy atom. The van der Waals surface area contributed by atoms with Gasteiger partial charge in [0.05, 0.1) is 0 Å². The van der Waals surface area contributed by atoms with Gasteiger partial charge in [-0.1, -0.05) is 60.2 Å². The average molecular weight is 337 g/mol. The third-order valence-corrected chi connectivity index (χ3v) is 5.17. The molecule has 0 amide bonds. The van der Waals surface area contributed by atoms with Gasteiger partial charge in [-0.2, -0.15) is 0 Å². The zero-order valence-corrected chi connectivity index (χ0v) is 14.7. The van der Waals surface area contributed by atoms with Crippen molar-refractivity contribution in [3.8, 4) is 11.5 Å². The van der Waals surface area contributed by atoms with Crippen LogP contribution in [0.15, 0.2) is 82.8 Å². The van der Waals surface area contributed by atoms with Crippen molar-refractivity contribution in [3.05, 3.63) is 84.0 Å². The van der Waals surface area contributed by atoms with E-state index >= 15 is 0 Å². The molecule has 1 aliphatic rings. The molecule has 0 spiro atoms. The van der Waals surface area contributed by atoms with Gasteiger partial charge in [-0.15, -0.1) is 0 Å². The first-order valence-electron chi connectivity index (χ1n) is 9.05. The van der Waals surface area contributed by atoms with Gasteiger partial charge in [0.15, 0.2) is 5.58 Å². The van der Waals surface area contributed by atoms with Crippen LogP contribution in [0, 0.1) is 0 Å². The number of aromatic nitrogens is 1. The van der Waals surface area contributed by atoms with Crippen molar-refractivity contribution in [1.82, 2.24) is 4.98 Å². The lowest BCUT2D eigenvalue weighted by Crippen LogP contribution is -1.94. The maximum atomic E-state index is 6.03. The molecule has 0 N–H and O–H groups in total. The van der Waals surface area contributed by atoms with Gasteiger partial charge in [0.1, 0.15) is 5.52 Å². The van der Waals surface area contributed by atoms with Crippen LogP contribution in [0.4, 0.5) is 0 Å². The largest absolute Gasteiger partial charge is 0.436 e. The Bertz CT molecular complexity index is 1160. The molecule has 1 aliphatic carbocycles. The molecule has 26 heavy (non-hydrogen) atoms. The van der Waals surface area contributed by atoms with E-state index in [0.29, 0.717) is 5.89 Å². The highest BCUT2D eigenvalue weighted by atomic mass is 16.3. The Hall–Kier alpha value is -3.13. The highest BCUT2D eigenvalue weighted by Crippen LogP contribution is 2.37. The summed E-state index contributed by atoms with van der Waals surface area (Å²) in [7, 11) is 0. The lowest BCUT2D eigenvalue weighted by molar-refractivity contribution is 0.620. The maximum absolute atomic E-state index is 6.03. The smallest absolute Gasteiger partial charge is 0.227 e. The average Bonchev–Trinajstić information content (AvgIpc) is 3.12. The molecule has 4 aromatic rings. The minimum atomic E-state index is 0.679. The summed E-state index contributed by atoms with van der Waals surface area (Å²) in [5.74, 6) is 0.679. The molecule has 0 fully saturated rings. The van der Waals surface area contributed by atoms with Gasteiger partial charge in [0, 0.05) is 5.56 Å². The summed E-state index contributed by atoms with van der Waals surface area (Å²) in [6.45, 7) is 2.24.